The van der Waals surface area contributed by atoms with Gasteiger partial charge in [0.1, 0.15) is 0 Å². The maximum atomic E-state index is 12.4. The Hall–Kier alpha value is -3.73. The van der Waals surface area contributed by atoms with Crippen LogP contribution in [0.2, 0.25) is 0 Å². The minimum atomic E-state index is -0.308. The summed E-state index contributed by atoms with van der Waals surface area (Å²) in [5, 5.41) is 7.01. The Bertz CT molecular complexity index is 1040. The quantitative estimate of drug-likeness (QED) is 0.447. The molecular formula is C25H25N3O2. The third-order valence-corrected chi connectivity index (χ3v) is 4.67. The summed E-state index contributed by atoms with van der Waals surface area (Å²) in [5.41, 5.74) is 7.63. The number of carbonyl (C=O) groups excluding carboxylic acids is 2. The van der Waals surface area contributed by atoms with E-state index in [9.17, 15) is 9.59 Å². The van der Waals surface area contributed by atoms with Gasteiger partial charge >= 0.3 is 0 Å². The van der Waals surface area contributed by atoms with Gasteiger partial charge in [-0.3, -0.25) is 9.59 Å². The van der Waals surface area contributed by atoms with Gasteiger partial charge in [0, 0.05) is 17.2 Å². The van der Waals surface area contributed by atoms with Crippen LogP contribution in [-0.4, -0.2) is 17.5 Å². The molecule has 0 aliphatic heterocycles. The summed E-state index contributed by atoms with van der Waals surface area (Å²) in [7, 11) is 0. The highest BCUT2D eigenvalue weighted by Crippen LogP contribution is 2.19. The van der Waals surface area contributed by atoms with Crippen LogP contribution in [0, 0.1) is 5.92 Å². The van der Waals surface area contributed by atoms with Crippen LogP contribution in [0.3, 0.4) is 0 Å². The standard InChI is InChI=1S/C25H25N3O2/c1-17(2)24(29)26-23-15-13-22(14-16-23)25(30)28-27-18(3)19-9-11-21(12-10-19)20-7-5-4-6-8-20/h4-17H,1-3H3,(H,26,29)(H,28,30)/b27-18+. The van der Waals surface area contributed by atoms with Crippen LogP contribution in [-0.2, 0) is 4.79 Å². The number of hydrazone groups is 1. The number of nitrogens with zero attached hydrogens (tertiary/aromatic N) is 1. The minimum Gasteiger partial charge on any atom is -0.326 e. The number of anilines is 1. The molecule has 0 bridgehead atoms. The first-order valence-corrected chi connectivity index (χ1v) is 9.85. The summed E-state index contributed by atoms with van der Waals surface area (Å²) in [5.74, 6) is -0.477. The van der Waals surface area contributed by atoms with Crippen molar-refractivity contribution in [2.75, 3.05) is 5.32 Å². The number of benzene rings is 3. The predicted octanol–water partition coefficient (Wildman–Crippen LogP) is 5.10. The molecule has 2 amide bonds. The van der Waals surface area contributed by atoms with Crippen molar-refractivity contribution in [1.82, 2.24) is 5.43 Å². The number of amides is 2. The van der Waals surface area contributed by atoms with Gasteiger partial charge in [-0.05, 0) is 47.9 Å². The molecule has 2 N–H and O–H groups in total. The van der Waals surface area contributed by atoms with Crippen molar-refractivity contribution in [2.24, 2.45) is 11.0 Å². The zero-order valence-corrected chi connectivity index (χ0v) is 17.3. The topological polar surface area (TPSA) is 70.6 Å². The fourth-order valence-electron chi connectivity index (χ4n) is 2.79. The average Bonchev–Trinajstić information content (AvgIpc) is 2.78. The lowest BCUT2D eigenvalue weighted by Gasteiger charge is -2.08. The van der Waals surface area contributed by atoms with Crippen LogP contribution in [0.1, 0.15) is 36.7 Å². The molecule has 0 heterocycles. The van der Waals surface area contributed by atoms with Crippen molar-refractivity contribution >= 4 is 23.2 Å². The molecule has 3 rings (SSSR count). The van der Waals surface area contributed by atoms with E-state index in [-0.39, 0.29) is 17.7 Å². The van der Waals surface area contributed by atoms with Gasteiger partial charge in [-0.2, -0.15) is 5.10 Å². The van der Waals surface area contributed by atoms with Crippen LogP contribution in [0.4, 0.5) is 5.69 Å². The van der Waals surface area contributed by atoms with Gasteiger partial charge < -0.3 is 5.32 Å². The third kappa shape index (κ3) is 5.41. The van der Waals surface area contributed by atoms with Gasteiger partial charge in [-0.25, -0.2) is 5.43 Å². The first-order valence-electron chi connectivity index (χ1n) is 9.85. The first kappa shape index (κ1) is 21.0. The molecule has 3 aromatic carbocycles. The van der Waals surface area contributed by atoms with E-state index in [1.807, 2.05) is 63.2 Å². The largest absolute Gasteiger partial charge is 0.326 e. The minimum absolute atomic E-state index is 0.0642. The lowest BCUT2D eigenvalue weighted by molar-refractivity contribution is -0.118. The van der Waals surface area contributed by atoms with Crippen LogP contribution in [0.25, 0.3) is 11.1 Å². The Kier molecular flexibility index (Phi) is 6.75. The summed E-state index contributed by atoms with van der Waals surface area (Å²) in [6.07, 6.45) is 0. The summed E-state index contributed by atoms with van der Waals surface area (Å²) in [4.78, 5) is 24.1. The van der Waals surface area contributed by atoms with Crippen molar-refractivity contribution in [3.63, 3.8) is 0 Å². The zero-order valence-electron chi connectivity index (χ0n) is 17.3. The van der Waals surface area contributed by atoms with Gasteiger partial charge in [-0.1, -0.05) is 68.4 Å². The fraction of sp³-hybridized carbons (Fsp3) is 0.160. The molecule has 0 spiro atoms. The van der Waals surface area contributed by atoms with Gasteiger partial charge in [0.05, 0.1) is 5.71 Å². The van der Waals surface area contributed by atoms with E-state index in [4.69, 9.17) is 0 Å². The fourth-order valence-corrected chi connectivity index (χ4v) is 2.79. The SMILES string of the molecule is C/C(=N\NC(=O)c1ccc(NC(=O)C(C)C)cc1)c1ccc(-c2ccccc2)cc1. The Balaban J connectivity index is 1.62. The van der Waals surface area contributed by atoms with Gasteiger partial charge in [0.2, 0.25) is 5.91 Å². The second-order valence-corrected chi connectivity index (χ2v) is 7.30. The molecule has 3 aromatic rings. The molecule has 0 aliphatic carbocycles. The molecule has 152 valence electrons. The molecule has 0 saturated carbocycles. The molecule has 0 aromatic heterocycles. The van der Waals surface area contributed by atoms with E-state index < -0.39 is 0 Å². The van der Waals surface area contributed by atoms with Crippen LogP contribution < -0.4 is 10.7 Å². The second kappa shape index (κ2) is 9.65. The molecule has 5 heteroatoms. The van der Waals surface area contributed by atoms with Crippen molar-refractivity contribution in [3.8, 4) is 11.1 Å². The molecule has 0 radical (unpaired) electrons. The summed E-state index contributed by atoms with van der Waals surface area (Å²) >= 11 is 0. The van der Waals surface area contributed by atoms with E-state index >= 15 is 0 Å². The molecule has 30 heavy (non-hydrogen) atoms. The van der Waals surface area contributed by atoms with Gasteiger partial charge in [-0.15, -0.1) is 0 Å². The van der Waals surface area contributed by atoms with E-state index in [1.165, 1.54) is 0 Å². The highest BCUT2D eigenvalue weighted by Gasteiger charge is 2.09. The number of hydrogen-bond acceptors (Lipinski definition) is 3. The van der Waals surface area contributed by atoms with E-state index in [2.05, 4.69) is 28.0 Å². The smallest absolute Gasteiger partial charge is 0.271 e. The third-order valence-electron chi connectivity index (χ3n) is 4.67. The van der Waals surface area contributed by atoms with Crippen LogP contribution >= 0.6 is 0 Å². The monoisotopic (exact) mass is 399 g/mol. The Labute approximate surface area is 176 Å². The van der Waals surface area contributed by atoms with E-state index in [0.717, 1.165) is 16.7 Å². The molecule has 0 saturated heterocycles. The Morgan fingerprint density at radius 1 is 0.767 bits per heavy atom. The van der Waals surface area contributed by atoms with Crippen LogP contribution in [0.5, 0.6) is 0 Å². The number of rotatable bonds is 6. The summed E-state index contributed by atoms with van der Waals surface area (Å²) in [6, 6.07) is 24.9. The Morgan fingerprint density at radius 2 is 1.33 bits per heavy atom. The normalized spacial score (nSPS) is 11.3. The lowest BCUT2D eigenvalue weighted by atomic mass is 10.0. The highest BCUT2D eigenvalue weighted by atomic mass is 16.2. The van der Waals surface area contributed by atoms with Gasteiger partial charge in [0.15, 0.2) is 0 Å². The van der Waals surface area contributed by atoms with Gasteiger partial charge in [0.25, 0.3) is 5.91 Å². The zero-order chi connectivity index (χ0) is 21.5. The molecule has 0 fully saturated rings. The van der Waals surface area contributed by atoms with Crippen molar-refractivity contribution in [2.45, 2.75) is 20.8 Å². The molecule has 0 unspecified atom stereocenters. The van der Waals surface area contributed by atoms with Crippen LogP contribution in [0.15, 0.2) is 84.0 Å². The predicted molar refractivity (Wildman–Crippen MR) is 121 cm³/mol. The molecular weight excluding hydrogens is 374 g/mol. The van der Waals surface area contributed by atoms with Crippen molar-refractivity contribution in [3.05, 3.63) is 90.0 Å². The highest BCUT2D eigenvalue weighted by molar-refractivity contribution is 6.01. The van der Waals surface area contributed by atoms with Crippen molar-refractivity contribution < 1.29 is 9.59 Å². The molecule has 0 atom stereocenters. The number of nitrogens with one attached hydrogen (secondary N) is 2. The summed E-state index contributed by atoms with van der Waals surface area (Å²) < 4.78 is 0. The number of carbonyl (C=O) groups is 2. The molecule has 0 aliphatic rings. The maximum Gasteiger partial charge on any atom is 0.271 e. The summed E-state index contributed by atoms with van der Waals surface area (Å²) in [6.45, 7) is 5.50. The molecule has 5 nitrogen and oxygen atoms in total. The Morgan fingerprint density at radius 3 is 1.93 bits per heavy atom. The van der Waals surface area contributed by atoms with E-state index in [0.29, 0.717) is 17.0 Å². The van der Waals surface area contributed by atoms with E-state index in [1.54, 1.807) is 24.3 Å². The van der Waals surface area contributed by atoms with Crippen molar-refractivity contribution in [1.29, 1.82) is 0 Å². The number of hydrogen-bond donors (Lipinski definition) is 2. The maximum absolute atomic E-state index is 12.4. The second-order valence-electron chi connectivity index (χ2n) is 7.30. The first-order chi connectivity index (χ1) is 14.4. The lowest BCUT2D eigenvalue weighted by Crippen LogP contribution is -2.20. The average molecular weight is 399 g/mol.